The van der Waals surface area contributed by atoms with E-state index in [9.17, 15) is 0 Å². The second-order valence-electron chi connectivity index (χ2n) is 4.52. The van der Waals surface area contributed by atoms with E-state index >= 15 is 0 Å². The van der Waals surface area contributed by atoms with Crippen LogP contribution in [0, 0.1) is 0 Å². The molecule has 0 unspecified atom stereocenters. The number of hydrogen-bond donors (Lipinski definition) is 0. The highest BCUT2D eigenvalue weighted by Gasteiger charge is 2.33. The van der Waals surface area contributed by atoms with Crippen molar-refractivity contribution in [2.75, 3.05) is 0 Å². The van der Waals surface area contributed by atoms with Gasteiger partial charge in [0.2, 0.25) is 0 Å². The fourth-order valence-electron chi connectivity index (χ4n) is 2.21. The van der Waals surface area contributed by atoms with Gasteiger partial charge in [0.1, 0.15) is 10.9 Å². The van der Waals surface area contributed by atoms with Crippen LogP contribution in [0.25, 0.3) is 0 Å². The molecule has 2 aromatic rings. The first-order chi connectivity index (χ1) is 9.86. The van der Waals surface area contributed by atoms with Gasteiger partial charge < -0.3 is 0 Å². The highest BCUT2D eigenvalue weighted by atomic mass is 32.2. The Bertz CT molecular complexity index is 615. The zero-order valence-corrected chi connectivity index (χ0v) is 12.7. The predicted octanol–water partition coefficient (Wildman–Crippen LogP) is 4.94. The monoisotopic (exact) mass is 295 g/mol. The van der Waals surface area contributed by atoms with Crippen LogP contribution in [0.15, 0.2) is 93.6 Å². The van der Waals surface area contributed by atoms with E-state index in [4.69, 9.17) is 12.2 Å². The molecule has 0 radical (unpaired) electrons. The fraction of sp³-hybridized carbons (Fsp3) is 0.0556. The Hall–Kier alpha value is -1.64. The molecule has 0 aromatic heterocycles. The summed E-state index contributed by atoms with van der Waals surface area (Å²) in [5, 5.41) is 0. The summed E-state index contributed by atoms with van der Waals surface area (Å²) < 4.78 is 0. The average molecular weight is 295 g/mol. The van der Waals surface area contributed by atoms with Gasteiger partial charge in [-0.25, -0.2) is 0 Å². The zero-order chi connectivity index (χ0) is 13.8. The Balaban J connectivity index is 2.12. The highest BCUT2D eigenvalue weighted by molar-refractivity contribution is 8.03. The molecule has 1 aliphatic carbocycles. The number of rotatable bonds is 3. The van der Waals surface area contributed by atoms with E-state index in [1.165, 1.54) is 14.7 Å². The lowest BCUT2D eigenvalue weighted by atomic mass is 10.2. The Kier molecular flexibility index (Phi) is 4.14. The summed E-state index contributed by atoms with van der Waals surface area (Å²) in [6.07, 6.45) is 7.31. The Morgan fingerprint density at radius 1 is 0.800 bits per heavy atom. The van der Waals surface area contributed by atoms with E-state index in [2.05, 4.69) is 78.9 Å². The van der Waals surface area contributed by atoms with Crippen molar-refractivity contribution in [3.8, 4) is 0 Å². The van der Waals surface area contributed by atoms with E-state index in [0.717, 1.165) is 11.3 Å². The number of benzene rings is 2. The van der Waals surface area contributed by atoms with Gasteiger partial charge in [0.05, 0.1) is 4.86 Å². The van der Waals surface area contributed by atoms with Crippen LogP contribution >= 0.6 is 12.2 Å². The molecule has 0 amide bonds. The molecule has 2 aromatic carbocycles. The summed E-state index contributed by atoms with van der Waals surface area (Å²) in [4.78, 5) is 4.98. The van der Waals surface area contributed by atoms with Crippen molar-refractivity contribution in [3.63, 3.8) is 0 Å². The number of hydrogen-bond acceptors (Lipinski definition) is 1. The van der Waals surface area contributed by atoms with Crippen LogP contribution in [0.2, 0.25) is 0 Å². The van der Waals surface area contributed by atoms with Crippen LogP contribution in [-0.4, -0.2) is 4.86 Å². The van der Waals surface area contributed by atoms with E-state index in [1.807, 2.05) is 0 Å². The Labute approximate surface area is 128 Å². The van der Waals surface area contributed by atoms with Gasteiger partial charge >= 0.3 is 0 Å². The van der Waals surface area contributed by atoms with Gasteiger partial charge in [-0.1, -0.05) is 60.8 Å². The summed E-state index contributed by atoms with van der Waals surface area (Å²) in [7, 11) is -0.0991. The molecule has 0 N–H and O–H groups in total. The third kappa shape index (κ3) is 2.77. The van der Waals surface area contributed by atoms with Gasteiger partial charge in [-0.3, -0.25) is 0 Å². The molecule has 2 heteroatoms. The van der Waals surface area contributed by atoms with Gasteiger partial charge in [0, 0.05) is 6.42 Å². The number of allylic oxidation sites excluding steroid dienone is 4. The maximum atomic E-state index is 5.59. The molecule has 98 valence electrons. The molecule has 0 saturated heterocycles. The van der Waals surface area contributed by atoms with Crippen LogP contribution in [0.3, 0.4) is 0 Å². The first-order valence-corrected chi connectivity index (χ1v) is 8.24. The van der Waals surface area contributed by atoms with Crippen LogP contribution in [0.1, 0.15) is 6.42 Å². The normalized spacial score (nSPS) is 14.4. The van der Waals surface area contributed by atoms with Crippen molar-refractivity contribution in [1.29, 1.82) is 0 Å². The van der Waals surface area contributed by atoms with Crippen molar-refractivity contribution in [2.24, 2.45) is 0 Å². The zero-order valence-electron chi connectivity index (χ0n) is 11.0. The topological polar surface area (TPSA) is 0 Å². The third-order valence-corrected chi connectivity index (χ3v) is 5.96. The summed E-state index contributed by atoms with van der Waals surface area (Å²) in [6, 6.07) is 21.3. The van der Waals surface area contributed by atoms with E-state index in [1.54, 1.807) is 0 Å². The van der Waals surface area contributed by atoms with Crippen molar-refractivity contribution >= 4 is 28.0 Å². The minimum atomic E-state index is -0.0991. The Morgan fingerprint density at radius 2 is 1.35 bits per heavy atom. The summed E-state index contributed by atoms with van der Waals surface area (Å²) in [5.74, 6) is 0. The third-order valence-electron chi connectivity index (χ3n) is 3.14. The van der Waals surface area contributed by atoms with E-state index < -0.39 is 0 Å². The van der Waals surface area contributed by atoms with Crippen molar-refractivity contribution in [1.82, 2.24) is 0 Å². The molecule has 3 rings (SSSR count). The molecule has 0 spiro atoms. The van der Waals surface area contributed by atoms with Crippen LogP contribution in [0.4, 0.5) is 0 Å². The molecule has 0 fully saturated rings. The van der Waals surface area contributed by atoms with Gasteiger partial charge in [-0.05, 0) is 30.3 Å². The average Bonchev–Trinajstić information content (AvgIpc) is 2.52. The summed E-state index contributed by atoms with van der Waals surface area (Å²) in [5.41, 5.74) is 0. The summed E-state index contributed by atoms with van der Waals surface area (Å²) >= 11 is 5.59. The maximum Gasteiger partial charge on any atom is 0.180 e. The first kappa shape index (κ1) is 13.3. The SMILES string of the molecule is S=C1CC=CC=C1[S+](c1ccccc1)c1ccccc1. The second kappa shape index (κ2) is 6.21. The highest BCUT2D eigenvalue weighted by Crippen LogP contribution is 2.32. The molecule has 0 bridgehead atoms. The lowest BCUT2D eigenvalue weighted by molar-refractivity contribution is 1.37. The molecule has 20 heavy (non-hydrogen) atoms. The van der Waals surface area contributed by atoms with Crippen LogP contribution in [0.5, 0.6) is 0 Å². The van der Waals surface area contributed by atoms with E-state index in [0.29, 0.717) is 0 Å². The lowest BCUT2D eigenvalue weighted by Gasteiger charge is -2.12. The molecule has 0 aliphatic heterocycles. The van der Waals surface area contributed by atoms with Crippen molar-refractivity contribution < 1.29 is 0 Å². The smallest absolute Gasteiger partial charge is 0.0791 e. The molecule has 0 heterocycles. The standard InChI is InChI=1S/C18H15S2/c19-17-13-7-8-14-18(17)20(15-9-3-1-4-10-15)16-11-5-2-6-12-16/h1-12,14H,13H2/q+1. The van der Waals surface area contributed by atoms with Crippen LogP contribution in [-0.2, 0) is 10.9 Å². The molecule has 0 saturated carbocycles. The molecular weight excluding hydrogens is 280 g/mol. The minimum Gasteiger partial charge on any atom is -0.0791 e. The predicted molar refractivity (Wildman–Crippen MR) is 91.2 cm³/mol. The number of thiocarbonyl (C=S) groups is 1. The van der Waals surface area contributed by atoms with Crippen molar-refractivity contribution in [3.05, 3.63) is 83.8 Å². The molecular formula is C18H15S2+. The van der Waals surface area contributed by atoms with Gasteiger partial charge in [-0.2, -0.15) is 0 Å². The largest absolute Gasteiger partial charge is 0.180 e. The fourth-order valence-corrected chi connectivity index (χ4v) is 4.79. The molecule has 0 nitrogen and oxygen atoms in total. The minimum absolute atomic E-state index is 0.0991. The maximum absolute atomic E-state index is 5.59. The quantitative estimate of drug-likeness (QED) is 0.571. The summed E-state index contributed by atoms with van der Waals surface area (Å²) in [6.45, 7) is 0. The first-order valence-electron chi connectivity index (χ1n) is 6.61. The second-order valence-corrected chi connectivity index (χ2v) is 7.01. The molecule has 1 aliphatic rings. The van der Waals surface area contributed by atoms with Gasteiger partial charge in [0.25, 0.3) is 0 Å². The van der Waals surface area contributed by atoms with E-state index in [-0.39, 0.29) is 10.9 Å². The Morgan fingerprint density at radius 3 is 1.85 bits per heavy atom. The molecule has 0 atom stereocenters. The lowest BCUT2D eigenvalue weighted by Crippen LogP contribution is -2.14. The van der Waals surface area contributed by atoms with Crippen LogP contribution < -0.4 is 0 Å². The van der Waals surface area contributed by atoms with Crippen molar-refractivity contribution in [2.45, 2.75) is 16.2 Å². The van der Waals surface area contributed by atoms with Gasteiger partial charge in [0.15, 0.2) is 14.7 Å². The van der Waals surface area contributed by atoms with Gasteiger partial charge in [-0.15, -0.1) is 0 Å².